The van der Waals surface area contributed by atoms with Gasteiger partial charge >= 0.3 is 12.3 Å². The number of nitrogens with zero attached hydrogens (tertiary/aromatic N) is 2. The molecule has 2 fully saturated rings. The molecule has 8 nitrogen and oxygen atoms in total. The van der Waals surface area contributed by atoms with Gasteiger partial charge in [-0.2, -0.15) is 0 Å². The van der Waals surface area contributed by atoms with Gasteiger partial charge < -0.3 is 14.2 Å². The minimum atomic E-state index is -4.78. The van der Waals surface area contributed by atoms with Crippen molar-refractivity contribution in [1.82, 2.24) is 9.21 Å². The van der Waals surface area contributed by atoms with Gasteiger partial charge in [0.2, 0.25) is 10.0 Å². The predicted molar refractivity (Wildman–Crippen MR) is 133 cm³/mol. The van der Waals surface area contributed by atoms with Gasteiger partial charge in [0.25, 0.3) is 0 Å². The highest BCUT2D eigenvalue weighted by molar-refractivity contribution is 7.91. The molecule has 0 radical (unpaired) electrons. The lowest BCUT2D eigenvalue weighted by Crippen LogP contribution is -2.60. The first-order chi connectivity index (χ1) is 18.0. The molecule has 0 aliphatic carbocycles. The Balaban J connectivity index is 1.36. The Morgan fingerprint density at radius 3 is 2.08 bits per heavy atom. The second-order valence-electron chi connectivity index (χ2n) is 9.49. The maximum absolute atomic E-state index is 13.8. The number of methoxy groups -OCH3 is 1. The lowest BCUT2D eigenvalue weighted by molar-refractivity contribution is -0.274. The van der Waals surface area contributed by atoms with Crippen LogP contribution in [0.15, 0.2) is 54.6 Å². The highest BCUT2D eigenvalue weighted by Gasteiger charge is 2.56. The van der Waals surface area contributed by atoms with Crippen LogP contribution in [0.25, 0.3) is 0 Å². The second kappa shape index (κ2) is 11.5. The largest absolute Gasteiger partial charge is 0.573 e. The Morgan fingerprint density at radius 2 is 1.53 bits per heavy atom. The first kappa shape index (κ1) is 28.2. The van der Waals surface area contributed by atoms with E-state index in [1.165, 1.54) is 23.5 Å². The van der Waals surface area contributed by atoms with E-state index in [-0.39, 0.29) is 37.8 Å². The molecule has 0 saturated carbocycles. The van der Waals surface area contributed by atoms with E-state index in [4.69, 9.17) is 9.47 Å². The summed E-state index contributed by atoms with van der Waals surface area (Å²) in [6, 6.07) is 14.9. The summed E-state index contributed by atoms with van der Waals surface area (Å²) in [6.45, 7) is 1.88. The van der Waals surface area contributed by atoms with E-state index in [1.54, 1.807) is 0 Å². The average molecular weight is 557 g/mol. The summed E-state index contributed by atoms with van der Waals surface area (Å²) in [6.07, 6.45) is -4.08. The van der Waals surface area contributed by atoms with Crippen molar-refractivity contribution in [3.63, 3.8) is 0 Å². The fourth-order valence-electron chi connectivity index (χ4n) is 5.02. The molecule has 2 aromatic carbocycles. The molecule has 208 valence electrons. The number of benzene rings is 2. The highest BCUT2D eigenvalue weighted by atomic mass is 32.2. The van der Waals surface area contributed by atoms with Gasteiger partial charge in [0.05, 0.1) is 7.11 Å². The quantitative estimate of drug-likeness (QED) is 0.455. The fourth-order valence-corrected chi connectivity index (χ4v) is 7.20. The maximum Gasteiger partial charge on any atom is 0.573 e. The third kappa shape index (κ3) is 6.41. The number of hydrogen-bond acceptors (Lipinski definition) is 7. The maximum atomic E-state index is 13.8. The van der Waals surface area contributed by atoms with Gasteiger partial charge in [0, 0.05) is 32.7 Å². The van der Waals surface area contributed by atoms with E-state index >= 15 is 0 Å². The molecule has 0 spiro atoms. The molecule has 4 rings (SSSR count). The monoisotopic (exact) mass is 556 g/mol. The number of esters is 1. The van der Waals surface area contributed by atoms with Gasteiger partial charge in [0.1, 0.15) is 17.6 Å². The van der Waals surface area contributed by atoms with Gasteiger partial charge in [-0.15, -0.1) is 13.2 Å². The molecule has 2 aliphatic rings. The topological polar surface area (TPSA) is 85.4 Å². The van der Waals surface area contributed by atoms with Crippen LogP contribution in [0.4, 0.5) is 13.2 Å². The normalized spacial score (nSPS) is 19.6. The Hall–Kier alpha value is -2.83. The van der Waals surface area contributed by atoms with Crippen molar-refractivity contribution in [1.29, 1.82) is 0 Å². The van der Waals surface area contributed by atoms with Crippen molar-refractivity contribution < 1.29 is 40.6 Å². The minimum absolute atomic E-state index is 0.137. The number of halogens is 3. The number of ether oxygens (including phenoxy) is 3. The molecule has 2 saturated heterocycles. The SMILES string of the molecule is COC(=O)C1(S(=O)(=O)N2CCC(Oc3ccc(OC(F)(F)F)cc3)CC2)CCN(Cc2ccccc2)CC1. The van der Waals surface area contributed by atoms with E-state index in [0.717, 1.165) is 17.7 Å². The number of hydrogen-bond donors (Lipinski definition) is 0. The van der Waals surface area contributed by atoms with Crippen molar-refractivity contribution in [2.24, 2.45) is 0 Å². The number of carbonyl (C=O) groups is 1. The van der Waals surface area contributed by atoms with E-state index in [2.05, 4.69) is 9.64 Å². The average Bonchev–Trinajstić information content (AvgIpc) is 2.90. The zero-order chi connectivity index (χ0) is 27.4. The molecule has 0 bridgehead atoms. The summed E-state index contributed by atoms with van der Waals surface area (Å²) < 4.78 is 79.1. The summed E-state index contributed by atoms with van der Waals surface area (Å²) in [5, 5.41) is 0. The first-order valence-corrected chi connectivity index (χ1v) is 13.8. The van der Waals surface area contributed by atoms with Crippen molar-refractivity contribution in [2.45, 2.75) is 49.4 Å². The van der Waals surface area contributed by atoms with Crippen LogP contribution in [-0.2, 0) is 26.1 Å². The second-order valence-corrected chi connectivity index (χ2v) is 11.7. The van der Waals surface area contributed by atoms with Crippen LogP contribution in [0, 0.1) is 0 Å². The zero-order valence-electron chi connectivity index (χ0n) is 21.0. The molecular weight excluding hydrogens is 525 g/mol. The van der Waals surface area contributed by atoms with Crippen molar-refractivity contribution in [3.8, 4) is 11.5 Å². The van der Waals surface area contributed by atoms with E-state index in [1.807, 2.05) is 30.3 Å². The lowest BCUT2D eigenvalue weighted by atomic mass is 9.95. The van der Waals surface area contributed by atoms with E-state index in [9.17, 15) is 26.4 Å². The van der Waals surface area contributed by atoms with Crippen molar-refractivity contribution in [3.05, 3.63) is 60.2 Å². The smallest absolute Gasteiger partial charge is 0.490 e. The van der Waals surface area contributed by atoms with Crippen LogP contribution in [0.5, 0.6) is 11.5 Å². The first-order valence-electron chi connectivity index (χ1n) is 12.4. The third-order valence-electron chi connectivity index (χ3n) is 7.06. The van der Waals surface area contributed by atoms with Crippen molar-refractivity contribution in [2.75, 3.05) is 33.3 Å². The van der Waals surface area contributed by atoms with Crippen LogP contribution in [0.1, 0.15) is 31.2 Å². The molecule has 0 N–H and O–H groups in total. The molecule has 0 atom stereocenters. The number of carbonyl (C=O) groups excluding carboxylic acids is 1. The van der Waals surface area contributed by atoms with Crippen LogP contribution < -0.4 is 9.47 Å². The molecule has 2 aromatic rings. The van der Waals surface area contributed by atoms with E-state index < -0.39 is 27.1 Å². The Labute approximate surface area is 220 Å². The summed E-state index contributed by atoms with van der Waals surface area (Å²) in [7, 11) is -2.81. The molecule has 12 heteroatoms. The molecule has 2 heterocycles. The van der Waals surface area contributed by atoms with Gasteiger partial charge in [-0.25, -0.2) is 12.7 Å². The van der Waals surface area contributed by atoms with Crippen LogP contribution in [-0.4, -0.2) is 74.1 Å². The van der Waals surface area contributed by atoms with Gasteiger partial charge in [-0.3, -0.25) is 9.69 Å². The summed E-state index contributed by atoms with van der Waals surface area (Å²) in [5.74, 6) is -0.734. The Kier molecular flexibility index (Phi) is 8.53. The Bertz CT molecular complexity index is 1180. The standard InChI is InChI=1S/C26H31F3N2O6S/c1-35-24(32)25(13-17-30(18-14-25)19-20-5-3-2-4-6-20)38(33,34)31-15-11-22(12-16-31)36-21-7-9-23(10-8-21)37-26(27,28)29/h2-10,22H,11-19H2,1H3. The molecular formula is C26H31F3N2O6S. The van der Waals surface area contributed by atoms with Gasteiger partial charge in [-0.1, -0.05) is 30.3 Å². The number of rotatable bonds is 8. The number of likely N-dealkylation sites (tertiary alicyclic amines) is 1. The highest BCUT2D eigenvalue weighted by Crippen LogP contribution is 2.36. The fraction of sp³-hybridized carbons (Fsp3) is 0.500. The molecule has 38 heavy (non-hydrogen) atoms. The number of piperidine rings is 2. The minimum Gasteiger partial charge on any atom is -0.490 e. The molecule has 0 aromatic heterocycles. The summed E-state index contributed by atoms with van der Waals surface area (Å²) >= 11 is 0. The van der Waals surface area contributed by atoms with Gasteiger partial charge in [0.15, 0.2) is 4.75 Å². The van der Waals surface area contributed by atoms with Crippen molar-refractivity contribution >= 4 is 16.0 Å². The molecule has 2 aliphatic heterocycles. The van der Waals surface area contributed by atoms with Crippen LogP contribution in [0.2, 0.25) is 0 Å². The lowest BCUT2D eigenvalue weighted by Gasteiger charge is -2.43. The Morgan fingerprint density at radius 1 is 0.947 bits per heavy atom. The predicted octanol–water partition coefficient (Wildman–Crippen LogP) is 3.97. The molecule has 0 unspecified atom stereocenters. The van der Waals surface area contributed by atoms with E-state index in [0.29, 0.717) is 38.2 Å². The van der Waals surface area contributed by atoms with Gasteiger partial charge in [-0.05, 0) is 55.5 Å². The van der Waals surface area contributed by atoms with Crippen LogP contribution in [0.3, 0.4) is 0 Å². The number of alkyl halides is 3. The summed E-state index contributed by atoms with van der Waals surface area (Å²) in [4.78, 5) is 15.0. The zero-order valence-corrected chi connectivity index (χ0v) is 21.8. The molecule has 0 amide bonds. The number of sulfonamides is 1. The third-order valence-corrected chi connectivity index (χ3v) is 9.67. The van der Waals surface area contributed by atoms with Crippen LogP contribution >= 0.6 is 0 Å². The summed E-state index contributed by atoms with van der Waals surface area (Å²) in [5.41, 5.74) is 1.12.